The fourth-order valence-electron chi connectivity index (χ4n) is 0.388. The SMILES string of the molecule is COC(=O)C(Cl)CC(N)=O. The Morgan fingerprint density at radius 1 is 1.70 bits per heavy atom. The monoisotopic (exact) mass is 165 g/mol. The van der Waals surface area contributed by atoms with Gasteiger partial charge < -0.3 is 10.5 Å². The fourth-order valence-corrected chi connectivity index (χ4v) is 0.629. The second-order valence-electron chi connectivity index (χ2n) is 1.66. The lowest BCUT2D eigenvalue weighted by Gasteiger charge is -2.02. The van der Waals surface area contributed by atoms with Crippen molar-refractivity contribution in [1.29, 1.82) is 0 Å². The summed E-state index contributed by atoms with van der Waals surface area (Å²) in [5, 5.41) is -0.956. The summed E-state index contributed by atoms with van der Waals surface area (Å²) in [6.07, 6.45) is -0.186. The number of rotatable bonds is 3. The molecule has 0 aromatic rings. The number of alkyl halides is 1. The summed E-state index contributed by atoms with van der Waals surface area (Å²) in [7, 11) is 1.19. The van der Waals surface area contributed by atoms with Crippen LogP contribution >= 0.6 is 11.6 Å². The number of esters is 1. The first-order valence-corrected chi connectivity index (χ1v) is 3.01. The van der Waals surface area contributed by atoms with Gasteiger partial charge in [-0.3, -0.25) is 9.59 Å². The van der Waals surface area contributed by atoms with Crippen LogP contribution in [0.2, 0.25) is 0 Å². The van der Waals surface area contributed by atoms with Gasteiger partial charge in [0.15, 0.2) is 0 Å². The van der Waals surface area contributed by atoms with Crippen molar-refractivity contribution >= 4 is 23.5 Å². The van der Waals surface area contributed by atoms with E-state index < -0.39 is 17.3 Å². The van der Waals surface area contributed by atoms with Gasteiger partial charge in [0.25, 0.3) is 0 Å². The topological polar surface area (TPSA) is 69.4 Å². The Morgan fingerprint density at radius 2 is 2.20 bits per heavy atom. The van der Waals surface area contributed by atoms with E-state index in [-0.39, 0.29) is 6.42 Å². The zero-order valence-electron chi connectivity index (χ0n) is 5.46. The molecule has 5 heteroatoms. The Labute approximate surface area is 63.3 Å². The average molecular weight is 166 g/mol. The summed E-state index contributed by atoms with van der Waals surface area (Å²) >= 11 is 5.35. The highest BCUT2D eigenvalue weighted by molar-refractivity contribution is 6.30. The molecule has 0 saturated carbocycles. The number of ether oxygens (including phenoxy) is 1. The Bertz CT molecular complexity index is 148. The summed E-state index contributed by atoms with van der Waals surface area (Å²) in [4.78, 5) is 20.6. The molecule has 10 heavy (non-hydrogen) atoms. The Morgan fingerprint density at radius 3 is 2.50 bits per heavy atom. The maximum Gasteiger partial charge on any atom is 0.324 e. The van der Waals surface area contributed by atoms with Gasteiger partial charge in [-0.05, 0) is 0 Å². The van der Waals surface area contributed by atoms with E-state index in [0.29, 0.717) is 0 Å². The van der Waals surface area contributed by atoms with Crippen LogP contribution < -0.4 is 5.73 Å². The highest BCUT2D eigenvalue weighted by Gasteiger charge is 2.17. The van der Waals surface area contributed by atoms with Gasteiger partial charge >= 0.3 is 5.97 Å². The average Bonchev–Trinajstić information content (AvgIpc) is 1.85. The third kappa shape index (κ3) is 3.29. The van der Waals surface area contributed by atoms with Gasteiger partial charge in [-0.15, -0.1) is 11.6 Å². The van der Waals surface area contributed by atoms with Crippen LogP contribution in [0.25, 0.3) is 0 Å². The highest BCUT2D eigenvalue weighted by Crippen LogP contribution is 2.02. The molecule has 1 atom stereocenters. The largest absolute Gasteiger partial charge is 0.468 e. The molecule has 0 bridgehead atoms. The maximum atomic E-state index is 10.5. The number of halogens is 1. The molecular formula is C5H8ClNO3. The molecule has 0 aliphatic carbocycles. The molecule has 0 saturated heterocycles. The molecule has 2 N–H and O–H groups in total. The van der Waals surface area contributed by atoms with Gasteiger partial charge in [-0.1, -0.05) is 0 Å². The predicted molar refractivity (Wildman–Crippen MR) is 35.5 cm³/mol. The molecule has 58 valence electrons. The number of carbonyl (C=O) groups excluding carboxylic acids is 2. The number of carbonyl (C=O) groups is 2. The Hall–Kier alpha value is -0.770. The van der Waals surface area contributed by atoms with Crippen LogP contribution in [0.15, 0.2) is 0 Å². The molecule has 0 aliphatic rings. The van der Waals surface area contributed by atoms with Crippen molar-refractivity contribution in [3.63, 3.8) is 0 Å². The smallest absolute Gasteiger partial charge is 0.324 e. The van der Waals surface area contributed by atoms with E-state index in [0.717, 1.165) is 0 Å². The number of amides is 1. The first-order valence-electron chi connectivity index (χ1n) is 2.58. The third-order valence-corrected chi connectivity index (χ3v) is 1.17. The van der Waals surface area contributed by atoms with Crippen LogP contribution in [0.5, 0.6) is 0 Å². The van der Waals surface area contributed by atoms with E-state index in [9.17, 15) is 9.59 Å². The Kier molecular flexibility index (Phi) is 3.79. The van der Waals surface area contributed by atoms with E-state index >= 15 is 0 Å². The van der Waals surface area contributed by atoms with Crippen LogP contribution in [0.4, 0.5) is 0 Å². The van der Waals surface area contributed by atoms with E-state index in [1.165, 1.54) is 7.11 Å². The van der Waals surface area contributed by atoms with Crippen molar-refractivity contribution < 1.29 is 14.3 Å². The molecule has 0 radical (unpaired) electrons. The van der Waals surface area contributed by atoms with Crippen molar-refractivity contribution in [3.05, 3.63) is 0 Å². The molecule has 0 aliphatic heterocycles. The molecular weight excluding hydrogens is 158 g/mol. The summed E-state index contributed by atoms with van der Waals surface area (Å²) in [6.45, 7) is 0. The van der Waals surface area contributed by atoms with Crippen LogP contribution in [0.3, 0.4) is 0 Å². The molecule has 0 spiro atoms. The third-order valence-electron chi connectivity index (χ3n) is 0.837. The molecule has 0 rings (SSSR count). The normalized spacial score (nSPS) is 12.2. The molecule has 4 nitrogen and oxygen atoms in total. The second-order valence-corrected chi connectivity index (χ2v) is 2.19. The van der Waals surface area contributed by atoms with E-state index in [4.69, 9.17) is 17.3 Å². The van der Waals surface area contributed by atoms with Gasteiger partial charge in [0.2, 0.25) is 5.91 Å². The molecule has 0 heterocycles. The minimum atomic E-state index is -0.956. The first-order chi connectivity index (χ1) is 4.57. The number of primary amides is 1. The fraction of sp³-hybridized carbons (Fsp3) is 0.600. The zero-order valence-corrected chi connectivity index (χ0v) is 6.22. The van der Waals surface area contributed by atoms with E-state index in [2.05, 4.69) is 4.74 Å². The lowest BCUT2D eigenvalue weighted by molar-refractivity contribution is -0.141. The molecule has 0 aromatic carbocycles. The van der Waals surface area contributed by atoms with E-state index in [1.807, 2.05) is 0 Å². The first kappa shape index (κ1) is 9.23. The minimum absolute atomic E-state index is 0.186. The van der Waals surface area contributed by atoms with Crippen molar-refractivity contribution in [2.45, 2.75) is 11.8 Å². The predicted octanol–water partition coefficient (Wildman–Crippen LogP) is -0.358. The van der Waals surface area contributed by atoms with Gasteiger partial charge in [0, 0.05) is 0 Å². The van der Waals surface area contributed by atoms with Crippen molar-refractivity contribution in [2.75, 3.05) is 7.11 Å². The quantitative estimate of drug-likeness (QED) is 0.459. The standard InChI is InChI=1S/C5H8ClNO3/c1-10-5(9)3(6)2-4(7)8/h3H,2H2,1H3,(H2,7,8). The van der Waals surface area contributed by atoms with Gasteiger partial charge in [-0.25, -0.2) is 0 Å². The number of hydrogen-bond donors (Lipinski definition) is 1. The maximum absolute atomic E-state index is 10.5. The van der Waals surface area contributed by atoms with Crippen LogP contribution in [-0.4, -0.2) is 24.4 Å². The lowest BCUT2D eigenvalue weighted by Crippen LogP contribution is -2.23. The number of hydrogen-bond acceptors (Lipinski definition) is 3. The summed E-state index contributed by atoms with van der Waals surface area (Å²) in [6, 6.07) is 0. The number of methoxy groups -OCH3 is 1. The summed E-state index contributed by atoms with van der Waals surface area (Å²) < 4.78 is 4.23. The highest BCUT2D eigenvalue weighted by atomic mass is 35.5. The summed E-state index contributed by atoms with van der Waals surface area (Å²) in [5.74, 6) is -1.26. The van der Waals surface area contributed by atoms with Crippen LogP contribution in [-0.2, 0) is 14.3 Å². The minimum Gasteiger partial charge on any atom is -0.468 e. The molecule has 1 amide bonds. The molecule has 0 aromatic heterocycles. The molecule has 0 fully saturated rings. The number of nitrogens with two attached hydrogens (primary N) is 1. The zero-order chi connectivity index (χ0) is 8.15. The Balaban J connectivity index is 3.72. The van der Waals surface area contributed by atoms with Crippen molar-refractivity contribution in [2.24, 2.45) is 5.73 Å². The molecule has 1 unspecified atom stereocenters. The second kappa shape index (κ2) is 4.11. The van der Waals surface area contributed by atoms with Crippen LogP contribution in [0.1, 0.15) is 6.42 Å². The van der Waals surface area contributed by atoms with Crippen LogP contribution in [0, 0.1) is 0 Å². The van der Waals surface area contributed by atoms with Crippen molar-refractivity contribution in [1.82, 2.24) is 0 Å². The van der Waals surface area contributed by atoms with Gasteiger partial charge in [0.05, 0.1) is 13.5 Å². The lowest BCUT2D eigenvalue weighted by atomic mass is 10.3. The van der Waals surface area contributed by atoms with Gasteiger partial charge in [-0.2, -0.15) is 0 Å². The van der Waals surface area contributed by atoms with Crippen molar-refractivity contribution in [3.8, 4) is 0 Å². The van der Waals surface area contributed by atoms with E-state index in [1.54, 1.807) is 0 Å². The summed E-state index contributed by atoms with van der Waals surface area (Å²) in [5.41, 5.74) is 4.75. The van der Waals surface area contributed by atoms with Gasteiger partial charge in [0.1, 0.15) is 5.38 Å².